The molecule has 3 aromatic rings. The van der Waals surface area contributed by atoms with E-state index in [2.05, 4.69) is 20.5 Å². The molecule has 0 radical (unpaired) electrons. The van der Waals surface area contributed by atoms with Crippen LogP contribution in [0.2, 0.25) is 0 Å². The number of nitrogens with zero attached hydrogens (tertiary/aromatic N) is 3. The van der Waals surface area contributed by atoms with Gasteiger partial charge in [-0.2, -0.15) is 0 Å². The molecule has 1 unspecified atom stereocenters. The Balaban J connectivity index is 1.38. The van der Waals surface area contributed by atoms with Crippen molar-refractivity contribution in [2.45, 2.75) is 31.8 Å². The number of fused-ring (bicyclic) bond motifs is 1. The fourth-order valence-electron chi connectivity index (χ4n) is 4.96. The topological polar surface area (TPSA) is 96.0 Å². The number of rotatable bonds is 6. The molecule has 1 fully saturated rings. The maximum atomic E-state index is 12.9. The van der Waals surface area contributed by atoms with Gasteiger partial charge in [0.1, 0.15) is 17.6 Å². The minimum atomic E-state index is -0.278. The van der Waals surface area contributed by atoms with Crippen molar-refractivity contribution in [3.8, 4) is 5.75 Å². The molecule has 9 nitrogen and oxygen atoms in total. The molecule has 0 saturated carbocycles. The van der Waals surface area contributed by atoms with E-state index in [-0.39, 0.29) is 23.9 Å². The van der Waals surface area contributed by atoms with Gasteiger partial charge in [0.2, 0.25) is 5.91 Å². The lowest BCUT2D eigenvalue weighted by molar-refractivity contribution is -0.119. The van der Waals surface area contributed by atoms with E-state index in [9.17, 15) is 9.59 Å². The number of methoxy groups -OCH3 is 1. The first-order valence-corrected chi connectivity index (χ1v) is 12.4. The van der Waals surface area contributed by atoms with E-state index in [4.69, 9.17) is 9.47 Å². The third-order valence-corrected chi connectivity index (χ3v) is 6.92. The van der Waals surface area contributed by atoms with E-state index in [1.165, 1.54) is 0 Å². The standard InChI is InChI=1S/C28H31N5O4/c1-18-28(35)32(2)25-17-29-26(16-24(25)33(18)22-10-12-37-13-11-22)30-20-7-4-6-19(14-20)27(34)31-21-8-5-9-23(15-21)36-3/h4-9,14-18,22H,10-13H2,1-3H3,(H,29,30)(H,31,34). The van der Waals surface area contributed by atoms with Crippen molar-refractivity contribution >= 4 is 40.4 Å². The van der Waals surface area contributed by atoms with E-state index in [1.807, 2.05) is 43.3 Å². The van der Waals surface area contributed by atoms with E-state index < -0.39 is 0 Å². The van der Waals surface area contributed by atoms with Crippen molar-refractivity contribution in [3.63, 3.8) is 0 Å². The molecule has 192 valence electrons. The van der Waals surface area contributed by atoms with Gasteiger partial charge in [0.15, 0.2) is 0 Å². The molecule has 5 rings (SSSR count). The summed E-state index contributed by atoms with van der Waals surface area (Å²) in [5.41, 5.74) is 3.64. The summed E-state index contributed by atoms with van der Waals surface area (Å²) < 4.78 is 10.8. The molecule has 9 heteroatoms. The van der Waals surface area contributed by atoms with Crippen LogP contribution in [-0.4, -0.2) is 56.3 Å². The number of anilines is 5. The first-order chi connectivity index (χ1) is 17.9. The lowest BCUT2D eigenvalue weighted by Gasteiger charge is -2.45. The Morgan fingerprint density at radius 2 is 1.81 bits per heavy atom. The minimum absolute atomic E-state index is 0.0521. The van der Waals surface area contributed by atoms with E-state index in [0.717, 1.165) is 29.9 Å². The average molecular weight is 502 g/mol. The number of amides is 2. The zero-order valence-corrected chi connectivity index (χ0v) is 21.2. The highest BCUT2D eigenvalue weighted by Gasteiger charge is 2.38. The lowest BCUT2D eigenvalue weighted by Crippen LogP contribution is -2.55. The van der Waals surface area contributed by atoms with Gasteiger partial charge in [-0.05, 0) is 50.1 Å². The lowest BCUT2D eigenvalue weighted by atomic mass is 10.00. The zero-order valence-electron chi connectivity index (χ0n) is 21.2. The maximum Gasteiger partial charge on any atom is 0.255 e. The van der Waals surface area contributed by atoms with Crippen LogP contribution in [0.4, 0.5) is 28.6 Å². The fourth-order valence-corrected chi connectivity index (χ4v) is 4.96. The summed E-state index contributed by atoms with van der Waals surface area (Å²) in [6.07, 6.45) is 3.47. The predicted molar refractivity (Wildman–Crippen MR) is 144 cm³/mol. The molecule has 0 bridgehead atoms. The molecule has 2 aliphatic rings. The van der Waals surface area contributed by atoms with Gasteiger partial charge in [-0.25, -0.2) is 4.98 Å². The van der Waals surface area contributed by atoms with Gasteiger partial charge in [-0.1, -0.05) is 12.1 Å². The minimum Gasteiger partial charge on any atom is -0.497 e. The third-order valence-electron chi connectivity index (χ3n) is 6.92. The van der Waals surface area contributed by atoms with Crippen LogP contribution in [-0.2, 0) is 9.53 Å². The molecule has 1 aromatic heterocycles. The van der Waals surface area contributed by atoms with Gasteiger partial charge >= 0.3 is 0 Å². The second-order valence-electron chi connectivity index (χ2n) is 9.27. The highest BCUT2D eigenvalue weighted by molar-refractivity contribution is 6.06. The fraction of sp³-hybridized carbons (Fsp3) is 0.321. The number of aromatic nitrogens is 1. The van der Waals surface area contributed by atoms with Crippen LogP contribution in [0.25, 0.3) is 0 Å². The smallest absolute Gasteiger partial charge is 0.255 e. The normalized spacial score (nSPS) is 17.8. The van der Waals surface area contributed by atoms with E-state index in [1.54, 1.807) is 43.5 Å². The Labute approximate surface area is 216 Å². The van der Waals surface area contributed by atoms with Gasteiger partial charge in [0, 0.05) is 55.4 Å². The van der Waals surface area contributed by atoms with Crippen LogP contribution in [0.3, 0.4) is 0 Å². The summed E-state index contributed by atoms with van der Waals surface area (Å²) in [4.78, 5) is 34.3. The number of carbonyl (C=O) groups excluding carboxylic acids is 2. The van der Waals surface area contributed by atoms with Crippen LogP contribution in [0.5, 0.6) is 5.75 Å². The zero-order chi connectivity index (χ0) is 25.9. The van der Waals surface area contributed by atoms with Gasteiger partial charge in [0.25, 0.3) is 5.91 Å². The van der Waals surface area contributed by atoms with Crippen molar-refractivity contribution in [2.24, 2.45) is 0 Å². The van der Waals surface area contributed by atoms with Gasteiger partial charge in [-0.3, -0.25) is 9.59 Å². The van der Waals surface area contributed by atoms with E-state index >= 15 is 0 Å². The van der Waals surface area contributed by atoms with Crippen molar-refractivity contribution in [1.29, 1.82) is 0 Å². The van der Waals surface area contributed by atoms with Gasteiger partial charge in [-0.15, -0.1) is 0 Å². The maximum absolute atomic E-state index is 12.9. The SMILES string of the molecule is COc1cccc(NC(=O)c2cccc(Nc3cc4c(cn3)N(C)C(=O)C(C)N4C3CCOCC3)c2)c1. The Kier molecular flexibility index (Phi) is 6.96. The second kappa shape index (κ2) is 10.5. The highest BCUT2D eigenvalue weighted by Crippen LogP contribution is 2.39. The number of hydrogen-bond acceptors (Lipinski definition) is 7. The molecule has 1 atom stereocenters. The first kappa shape index (κ1) is 24.6. The number of benzene rings is 2. The number of carbonyl (C=O) groups is 2. The Morgan fingerprint density at radius 1 is 1.05 bits per heavy atom. The summed E-state index contributed by atoms with van der Waals surface area (Å²) in [7, 11) is 3.38. The van der Waals surface area contributed by atoms with Crippen LogP contribution >= 0.6 is 0 Å². The first-order valence-electron chi connectivity index (χ1n) is 12.4. The van der Waals surface area contributed by atoms with Crippen LogP contribution < -0.4 is 25.2 Å². The molecular formula is C28H31N5O4. The van der Waals surface area contributed by atoms with Crippen LogP contribution in [0.1, 0.15) is 30.1 Å². The second-order valence-corrected chi connectivity index (χ2v) is 9.27. The Morgan fingerprint density at radius 3 is 2.59 bits per heavy atom. The van der Waals surface area contributed by atoms with Crippen molar-refractivity contribution < 1.29 is 19.1 Å². The molecule has 0 spiro atoms. The number of hydrogen-bond donors (Lipinski definition) is 2. The summed E-state index contributed by atoms with van der Waals surface area (Å²) in [5, 5.41) is 6.23. The summed E-state index contributed by atoms with van der Waals surface area (Å²) in [6.45, 7) is 3.33. The predicted octanol–water partition coefficient (Wildman–Crippen LogP) is 4.44. The van der Waals surface area contributed by atoms with E-state index in [0.29, 0.717) is 36.0 Å². The Bertz CT molecular complexity index is 1310. The molecule has 2 aliphatic heterocycles. The summed E-state index contributed by atoms with van der Waals surface area (Å²) in [6, 6.07) is 16.4. The molecule has 37 heavy (non-hydrogen) atoms. The van der Waals surface area contributed by atoms with Crippen LogP contribution in [0.15, 0.2) is 60.8 Å². The molecule has 3 heterocycles. The molecule has 2 amide bonds. The highest BCUT2D eigenvalue weighted by atomic mass is 16.5. The largest absolute Gasteiger partial charge is 0.497 e. The number of ether oxygens (including phenoxy) is 2. The molecular weight excluding hydrogens is 470 g/mol. The average Bonchev–Trinajstić information content (AvgIpc) is 2.93. The quantitative estimate of drug-likeness (QED) is 0.516. The molecule has 0 aliphatic carbocycles. The third kappa shape index (κ3) is 5.08. The molecule has 2 aromatic carbocycles. The van der Waals surface area contributed by atoms with Crippen molar-refractivity contribution in [1.82, 2.24) is 4.98 Å². The molecule has 1 saturated heterocycles. The van der Waals surface area contributed by atoms with Crippen molar-refractivity contribution in [3.05, 3.63) is 66.4 Å². The number of pyridine rings is 1. The van der Waals surface area contributed by atoms with Crippen molar-refractivity contribution in [2.75, 3.05) is 47.8 Å². The summed E-state index contributed by atoms with van der Waals surface area (Å²) in [5.74, 6) is 1.13. The van der Waals surface area contributed by atoms with Crippen LogP contribution in [0, 0.1) is 0 Å². The Hall–Kier alpha value is -4.11. The summed E-state index contributed by atoms with van der Waals surface area (Å²) >= 11 is 0. The van der Waals surface area contributed by atoms with Gasteiger partial charge < -0.3 is 29.9 Å². The number of likely N-dealkylation sites (N-methyl/N-ethyl adjacent to an activating group) is 1. The number of nitrogens with one attached hydrogen (secondary N) is 2. The molecule has 2 N–H and O–H groups in total. The van der Waals surface area contributed by atoms with Gasteiger partial charge in [0.05, 0.1) is 24.7 Å². The monoisotopic (exact) mass is 501 g/mol.